The van der Waals surface area contributed by atoms with Gasteiger partial charge >= 0.3 is 0 Å². The van der Waals surface area contributed by atoms with Crippen molar-refractivity contribution in [3.63, 3.8) is 0 Å². The summed E-state index contributed by atoms with van der Waals surface area (Å²) in [5.41, 5.74) is 0. The van der Waals surface area contributed by atoms with Crippen molar-refractivity contribution in [3.05, 3.63) is 12.7 Å². The molecule has 0 heteroatoms. The molecule has 0 heterocycles. The number of allylic oxidation sites excluding steroid dienone is 1. The van der Waals surface area contributed by atoms with E-state index in [2.05, 4.69) is 6.58 Å². The van der Waals surface area contributed by atoms with Crippen LogP contribution in [0.5, 0.6) is 0 Å². The molecular weight excluding hydrogens is 72.1 g/mol. The highest BCUT2D eigenvalue weighted by Gasteiger charge is 1.71. The van der Waals surface area contributed by atoms with Crippen LogP contribution < -0.4 is 0 Å². The van der Waals surface area contributed by atoms with Gasteiger partial charge in [-0.1, -0.05) is 25.8 Å². The molecule has 0 nitrogen and oxygen atoms in total. The first-order chi connectivity index (χ1) is 3.41. The van der Waals surface area contributed by atoms with Gasteiger partial charge in [0, 0.05) is 1.37 Å². The van der Waals surface area contributed by atoms with Crippen LogP contribution in [0.2, 0.25) is 0 Å². The average molecular weight is 85.2 g/mol. The number of hydrogen-bond donors (Lipinski definition) is 0. The Morgan fingerprint density at radius 1 is 2.00 bits per heavy atom. The van der Waals surface area contributed by atoms with Gasteiger partial charge in [0.05, 0.1) is 0 Å². The van der Waals surface area contributed by atoms with Gasteiger partial charge in [0.1, 0.15) is 0 Å². The summed E-state index contributed by atoms with van der Waals surface area (Å²) in [4.78, 5) is 0. The first-order valence-electron chi connectivity index (χ1n) is 3.02. The quantitative estimate of drug-likeness (QED) is 0.364. The Morgan fingerprint density at radius 2 is 2.83 bits per heavy atom. The largest absolute Gasteiger partial charge is 0.103 e. The van der Waals surface area contributed by atoms with E-state index in [1.165, 1.54) is 0 Å². The Balaban J connectivity index is 2.56. The highest BCUT2D eigenvalue weighted by atomic mass is 13.8. The minimum absolute atomic E-state index is 0.563. The SMILES string of the molecule is [2H]CCCCC=C. The molecule has 0 saturated carbocycles. The van der Waals surface area contributed by atoms with E-state index in [9.17, 15) is 0 Å². The van der Waals surface area contributed by atoms with Gasteiger partial charge in [-0.15, -0.1) is 6.58 Å². The van der Waals surface area contributed by atoms with Crippen molar-refractivity contribution in [2.24, 2.45) is 0 Å². The monoisotopic (exact) mass is 85.1 g/mol. The number of rotatable bonds is 3. The summed E-state index contributed by atoms with van der Waals surface area (Å²) >= 11 is 0. The molecule has 6 heavy (non-hydrogen) atoms. The molecule has 0 aliphatic carbocycles. The lowest BCUT2D eigenvalue weighted by atomic mass is 10.3. The van der Waals surface area contributed by atoms with Crippen LogP contribution in [0.1, 0.15) is 27.5 Å². The highest BCUT2D eigenvalue weighted by molar-refractivity contribution is 4.64. The smallest absolute Gasteiger partial charge is 0.0230 e. The standard InChI is InChI=1S/C6H12/c1-3-5-6-4-2/h3H,1,4-6H2,2H3/i2D. The molecule has 0 rings (SSSR count). The van der Waals surface area contributed by atoms with Gasteiger partial charge in [0.2, 0.25) is 0 Å². The molecule has 0 radical (unpaired) electrons. The lowest BCUT2D eigenvalue weighted by Gasteiger charge is -1.81. The minimum atomic E-state index is 0.563. The molecule has 0 aliphatic heterocycles. The third kappa shape index (κ3) is 3.74. The zero-order valence-corrected chi connectivity index (χ0v) is 4.11. The Kier molecular flexibility index (Phi) is 3.09. The molecule has 0 unspecified atom stereocenters. The fourth-order valence-corrected chi connectivity index (χ4v) is 0.289. The van der Waals surface area contributed by atoms with E-state index in [1.807, 2.05) is 6.08 Å². The summed E-state index contributed by atoms with van der Waals surface area (Å²) in [7, 11) is 0. The van der Waals surface area contributed by atoms with Crippen LogP contribution in [-0.2, 0) is 0 Å². The van der Waals surface area contributed by atoms with Crippen LogP contribution in [0.15, 0.2) is 12.7 Å². The number of unbranched alkanes of at least 4 members (excludes halogenated alkanes) is 2. The van der Waals surface area contributed by atoms with Crippen LogP contribution in [0, 0.1) is 0 Å². The van der Waals surface area contributed by atoms with E-state index in [-0.39, 0.29) is 0 Å². The third-order valence-corrected chi connectivity index (χ3v) is 0.658. The molecule has 0 saturated heterocycles. The van der Waals surface area contributed by atoms with Gasteiger partial charge in [-0.05, 0) is 6.42 Å². The van der Waals surface area contributed by atoms with Crippen molar-refractivity contribution in [2.45, 2.75) is 26.2 Å². The molecule has 0 aliphatic rings. The lowest BCUT2D eigenvalue weighted by molar-refractivity contribution is 0.816. The van der Waals surface area contributed by atoms with Crippen molar-refractivity contribution >= 4 is 0 Å². The zero-order valence-electron chi connectivity index (χ0n) is 5.11. The molecule has 0 aromatic rings. The van der Waals surface area contributed by atoms with Gasteiger partial charge in [-0.2, -0.15) is 0 Å². The van der Waals surface area contributed by atoms with E-state index in [0.29, 0.717) is 6.90 Å². The average Bonchev–Trinajstić information content (AvgIpc) is 1.69. The molecule has 0 aromatic carbocycles. The predicted octanol–water partition coefficient (Wildman–Crippen LogP) is 2.36. The van der Waals surface area contributed by atoms with Gasteiger partial charge in [0.25, 0.3) is 0 Å². The third-order valence-electron chi connectivity index (χ3n) is 0.658. The Labute approximate surface area is 41.3 Å². The molecule has 0 bridgehead atoms. The number of hydrogen-bond acceptors (Lipinski definition) is 0. The normalized spacial score (nSPS) is 10.3. The van der Waals surface area contributed by atoms with Crippen LogP contribution in [-0.4, -0.2) is 0 Å². The fraction of sp³-hybridized carbons (Fsp3) is 0.667. The molecule has 0 atom stereocenters. The molecule has 36 valence electrons. The Bertz CT molecular complexity index is 41.4. The van der Waals surface area contributed by atoms with E-state index in [1.54, 1.807) is 0 Å². The summed E-state index contributed by atoms with van der Waals surface area (Å²) in [6.07, 6.45) is 5.12. The van der Waals surface area contributed by atoms with Gasteiger partial charge < -0.3 is 0 Å². The Hall–Kier alpha value is -0.260. The minimum Gasteiger partial charge on any atom is -0.103 e. The van der Waals surface area contributed by atoms with Crippen molar-refractivity contribution in [1.82, 2.24) is 0 Å². The van der Waals surface area contributed by atoms with Crippen LogP contribution in [0.25, 0.3) is 0 Å². The molecule has 0 N–H and O–H groups in total. The molecule has 0 spiro atoms. The van der Waals surface area contributed by atoms with Crippen molar-refractivity contribution in [2.75, 3.05) is 0 Å². The summed E-state index contributed by atoms with van der Waals surface area (Å²) < 4.78 is 6.75. The van der Waals surface area contributed by atoms with E-state index >= 15 is 0 Å². The van der Waals surface area contributed by atoms with Crippen molar-refractivity contribution < 1.29 is 1.37 Å². The van der Waals surface area contributed by atoms with Crippen molar-refractivity contribution in [1.29, 1.82) is 0 Å². The predicted molar refractivity (Wildman–Crippen MR) is 29.7 cm³/mol. The first kappa shape index (κ1) is 3.91. The maximum atomic E-state index is 6.75. The van der Waals surface area contributed by atoms with E-state index < -0.39 is 0 Å². The maximum Gasteiger partial charge on any atom is 0.0230 e. The fourth-order valence-electron chi connectivity index (χ4n) is 0.289. The lowest BCUT2D eigenvalue weighted by Crippen LogP contribution is -1.61. The van der Waals surface area contributed by atoms with Crippen LogP contribution in [0.3, 0.4) is 0 Å². The molecule has 0 aromatic heterocycles. The second kappa shape index (κ2) is 4.74. The first-order valence-corrected chi connectivity index (χ1v) is 2.32. The second-order valence-corrected chi connectivity index (χ2v) is 1.28. The van der Waals surface area contributed by atoms with Gasteiger partial charge in [-0.3, -0.25) is 0 Å². The maximum absolute atomic E-state index is 6.75. The summed E-state index contributed by atoms with van der Waals surface area (Å²) in [5, 5.41) is 0. The van der Waals surface area contributed by atoms with Crippen molar-refractivity contribution in [3.8, 4) is 0 Å². The van der Waals surface area contributed by atoms with Crippen LogP contribution in [0.4, 0.5) is 0 Å². The van der Waals surface area contributed by atoms with Gasteiger partial charge in [0.15, 0.2) is 0 Å². The van der Waals surface area contributed by atoms with E-state index in [0.717, 1.165) is 19.3 Å². The summed E-state index contributed by atoms with van der Waals surface area (Å²) in [6, 6.07) is 0. The molecule has 0 fully saturated rings. The summed E-state index contributed by atoms with van der Waals surface area (Å²) in [6.45, 7) is 4.13. The van der Waals surface area contributed by atoms with Crippen LogP contribution >= 0.6 is 0 Å². The summed E-state index contributed by atoms with van der Waals surface area (Å²) in [5.74, 6) is 0. The molecule has 0 amide bonds. The molecular formula is C6H12. The zero-order chi connectivity index (χ0) is 5.54. The van der Waals surface area contributed by atoms with Gasteiger partial charge in [-0.25, -0.2) is 0 Å². The topological polar surface area (TPSA) is 0 Å². The Morgan fingerprint density at radius 3 is 3.33 bits per heavy atom. The second-order valence-electron chi connectivity index (χ2n) is 1.28. The highest BCUT2D eigenvalue weighted by Crippen LogP contribution is 1.91. The van der Waals surface area contributed by atoms with E-state index in [4.69, 9.17) is 1.37 Å².